The van der Waals surface area contributed by atoms with Crippen LogP contribution in [0.5, 0.6) is 0 Å². The first kappa shape index (κ1) is 17.3. The van der Waals surface area contributed by atoms with Gasteiger partial charge in [-0.15, -0.1) is 0 Å². The molecule has 3 aliphatic heterocycles. The monoisotopic (exact) mass is 378 g/mol. The molecule has 4 atom stereocenters. The lowest BCUT2D eigenvalue weighted by Gasteiger charge is -2.27. The topological polar surface area (TPSA) is 57.7 Å². The van der Waals surface area contributed by atoms with E-state index < -0.39 is 29.6 Å². The minimum atomic E-state index is -0.714. The molecule has 3 fully saturated rings. The van der Waals surface area contributed by atoms with Crippen LogP contribution in [0.25, 0.3) is 0 Å². The van der Waals surface area contributed by atoms with Crippen LogP contribution in [0.4, 0.5) is 10.1 Å². The number of carbonyl (C=O) groups is 3. The Bertz CT molecular complexity index is 977. The summed E-state index contributed by atoms with van der Waals surface area (Å²) in [6, 6.07) is 13.7. The van der Waals surface area contributed by atoms with Crippen molar-refractivity contribution in [3.8, 4) is 0 Å². The molecule has 5 nitrogen and oxygen atoms in total. The first-order valence-electron chi connectivity index (χ1n) is 9.56. The number of ketones is 1. The standard InChI is InChI=1S/C22H19FN2O3/c23-14-8-4-9-15(12-14)25-21(27)17-16-10-5-11-24(16)19(18(17)22(25)28)20(26)13-6-2-1-3-7-13/h1-4,6-9,12,16-19H,5,10-11H2/t16?,17-,18-,19+/m0/s1. The summed E-state index contributed by atoms with van der Waals surface area (Å²) in [5.74, 6) is -2.60. The molecule has 0 spiro atoms. The van der Waals surface area contributed by atoms with Crippen molar-refractivity contribution in [2.75, 3.05) is 11.4 Å². The van der Waals surface area contributed by atoms with Gasteiger partial charge < -0.3 is 0 Å². The second-order valence-corrected chi connectivity index (χ2v) is 7.67. The number of imide groups is 1. The van der Waals surface area contributed by atoms with Crippen molar-refractivity contribution in [1.29, 1.82) is 0 Å². The lowest BCUT2D eigenvalue weighted by molar-refractivity contribution is -0.123. The van der Waals surface area contributed by atoms with Crippen LogP contribution in [0.3, 0.4) is 0 Å². The van der Waals surface area contributed by atoms with Crippen LogP contribution in [0.2, 0.25) is 0 Å². The Kier molecular flexibility index (Phi) is 3.91. The molecule has 0 radical (unpaired) electrons. The number of carbonyl (C=O) groups excluding carboxylic acids is 3. The summed E-state index contributed by atoms with van der Waals surface area (Å²) in [6.07, 6.45) is 1.68. The van der Waals surface area contributed by atoms with E-state index in [0.717, 1.165) is 17.7 Å². The fourth-order valence-electron chi connectivity index (χ4n) is 5.16. The molecule has 142 valence electrons. The fraction of sp³-hybridized carbons (Fsp3) is 0.318. The SMILES string of the molecule is O=C(c1ccccc1)[C@H]1[C@H]2C(=O)N(c3cccc(F)c3)C(=O)[C@H]2C2CCCN21. The second-order valence-electron chi connectivity index (χ2n) is 7.67. The molecule has 6 heteroatoms. The molecule has 0 N–H and O–H groups in total. The van der Waals surface area contributed by atoms with Crippen LogP contribution in [-0.2, 0) is 9.59 Å². The molecule has 3 saturated heterocycles. The Hall–Kier alpha value is -2.86. The minimum Gasteiger partial charge on any atom is -0.292 e. The van der Waals surface area contributed by atoms with Crippen LogP contribution < -0.4 is 4.90 Å². The lowest BCUT2D eigenvalue weighted by atomic mass is 9.85. The summed E-state index contributed by atoms with van der Waals surface area (Å²) < 4.78 is 13.7. The van der Waals surface area contributed by atoms with E-state index in [0.29, 0.717) is 12.1 Å². The molecule has 0 saturated carbocycles. The Morgan fingerprint density at radius 1 is 0.964 bits per heavy atom. The number of hydrogen-bond acceptors (Lipinski definition) is 4. The van der Waals surface area contributed by atoms with Gasteiger partial charge >= 0.3 is 0 Å². The highest BCUT2D eigenvalue weighted by Gasteiger charge is 2.64. The Labute approximate surface area is 161 Å². The zero-order valence-electron chi connectivity index (χ0n) is 15.1. The zero-order valence-corrected chi connectivity index (χ0v) is 15.1. The zero-order chi connectivity index (χ0) is 19.4. The normalized spacial score (nSPS) is 29.2. The smallest absolute Gasteiger partial charge is 0.239 e. The third-order valence-corrected chi connectivity index (χ3v) is 6.25. The molecular weight excluding hydrogens is 359 g/mol. The first-order valence-corrected chi connectivity index (χ1v) is 9.56. The van der Waals surface area contributed by atoms with Gasteiger partial charge in [0.1, 0.15) is 5.82 Å². The van der Waals surface area contributed by atoms with Crippen molar-refractivity contribution in [2.45, 2.75) is 24.9 Å². The van der Waals surface area contributed by atoms with E-state index in [2.05, 4.69) is 0 Å². The number of nitrogens with zero attached hydrogens (tertiary/aromatic N) is 2. The van der Waals surface area contributed by atoms with Crippen LogP contribution in [0, 0.1) is 17.7 Å². The number of anilines is 1. The molecule has 2 aromatic carbocycles. The Morgan fingerprint density at radius 2 is 1.71 bits per heavy atom. The molecule has 2 aromatic rings. The summed E-state index contributed by atoms with van der Waals surface area (Å²) in [5.41, 5.74) is 0.781. The van der Waals surface area contributed by atoms with Crippen molar-refractivity contribution in [2.24, 2.45) is 11.8 Å². The minimum absolute atomic E-state index is 0.113. The Morgan fingerprint density at radius 3 is 2.46 bits per heavy atom. The van der Waals surface area contributed by atoms with Crippen molar-refractivity contribution < 1.29 is 18.8 Å². The van der Waals surface area contributed by atoms with Gasteiger partial charge in [-0.05, 0) is 37.6 Å². The van der Waals surface area contributed by atoms with Gasteiger partial charge in [-0.25, -0.2) is 9.29 Å². The first-order chi connectivity index (χ1) is 13.6. The second kappa shape index (κ2) is 6.34. The average molecular weight is 378 g/mol. The van der Waals surface area contributed by atoms with Gasteiger partial charge in [0, 0.05) is 11.6 Å². The largest absolute Gasteiger partial charge is 0.292 e. The van der Waals surface area contributed by atoms with Crippen LogP contribution in [0.1, 0.15) is 23.2 Å². The summed E-state index contributed by atoms with van der Waals surface area (Å²) in [7, 11) is 0. The number of benzene rings is 2. The third kappa shape index (κ3) is 2.37. The summed E-state index contributed by atoms with van der Waals surface area (Å²) in [4.78, 5) is 42.9. The molecule has 0 aromatic heterocycles. The number of fused-ring (bicyclic) bond motifs is 3. The highest BCUT2D eigenvalue weighted by Crippen LogP contribution is 2.48. The lowest BCUT2D eigenvalue weighted by Crippen LogP contribution is -2.46. The third-order valence-electron chi connectivity index (χ3n) is 6.25. The highest BCUT2D eigenvalue weighted by atomic mass is 19.1. The summed E-state index contributed by atoms with van der Waals surface area (Å²) in [6.45, 7) is 0.710. The van der Waals surface area contributed by atoms with E-state index in [1.54, 1.807) is 30.3 Å². The quantitative estimate of drug-likeness (QED) is 0.609. The maximum absolute atomic E-state index is 13.7. The molecule has 3 aliphatic rings. The number of rotatable bonds is 3. The van der Waals surface area contributed by atoms with Gasteiger partial charge in [0.05, 0.1) is 23.6 Å². The van der Waals surface area contributed by atoms with E-state index >= 15 is 0 Å². The molecule has 28 heavy (non-hydrogen) atoms. The molecule has 5 rings (SSSR count). The highest BCUT2D eigenvalue weighted by molar-refractivity contribution is 6.24. The van der Waals surface area contributed by atoms with Gasteiger partial charge in [-0.3, -0.25) is 19.3 Å². The molecular formula is C22H19FN2O3. The van der Waals surface area contributed by atoms with Crippen LogP contribution in [-0.4, -0.2) is 41.1 Å². The van der Waals surface area contributed by atoms with Crippen molar-refractivity contribution >= 4 is 23.3 Å². The summed E-state index contributed by atoms with van der Waals surface area (Å²) in [5, 5.41) is 0. The maximum atomic E-state index is 13.7. The predicted octanol–water partition coefficient (Wildman–Crippen LogP) is 2.66. The van der Waals surface area contributed by atoms with E-state index in [1.807, 2.05) is 11.0 Å². The molecule has 2 amide bonds. The maximum Gasteiger partial charge on any atom is 0.239 e. The Balaban J connectivity index is 1.56. The summed E-state index contributed by atoms with van der Waals surface area (Å²) >= 11 is 0. The van der Waals surface area contributed by atoms with Crippen molar-refractivity contribution in [3.63, 3.8) is 0 Å². The van der Waals surface area contributed by atoms with Gasteiger partial charge in [-0.2, -0.15) is 0 Å². The number of Topliss-reactive ketones (excluding diaryl/α,β-unsaturated/α-hetero) is 1. The van der Waals surface area contributed by atoms with E-state index in [1.165, 1.54) is 18.2 Å². The number of amides is 2. The predicted molar refractivity (Wildman–Crippen MR) is 100 cm³/mol. The van der Waals surface area contributed by atoms with Crippen molar-refractivity contribution in [3.05, 3.63) is 66.0 Å². The van der Waals surface area contributed by atoms with Gasteiger partial charge in [-0.1, -0.05) is 36.4 Å². The van der Waals surface area contributed by atoms with Gasteiger partial charge in [0.25, 0.3) is 0 Å². The molecule has 0 bridgehead atoms. The molecule has 1 unspecified atom stereocenters. The number of hydrogen-bond donors (Lipinski definition) is 0. The molecule has 3 heterocycles. The fourth-order valence-corrected chi connectivity index (χ4v) is 5.16. The van der Waals surface area contributed by atoms with Gasteiger partial charge in [0.2, 0.25) is 11.8 Å². The van der Waals surface area contributed by atoms with E-state index in [-0.39, 0.29) is 23.4 Å². The van der Waals surface area contributed by atoms with Crippen LogP contribution in [0.15, 0.2) is 54.6 Å². The molecule has 0 aliphatic carbocycles. The van der Waals surface area contributed by atoms with Gasteiger partial charge in [0.15, 0.2) is 5.78 Å². The van der Waals surface area contributed by atoms with E-state index in [9.17, 15) is 18.8 Å². The average Bonchev–Trinajstić information content (AvgIpc) is 3.34. The van der Waals surface area contributed by atoms with Crippen molar-refractivity contribution in [1.82, 2.24) is 4.90 Å². The number of halogens is 1. The van der Waals surface area contributed by atoms with E-state index in [4.69, 9.17) is 0 Å². The van der Waals surface area contributed by atoms with Crippen LogP contribution >= 0.6 is 0 Å².